The molecule has 0 atom stereocenters. The Morgan fingerprint density at radius 3 is 2.40 bits per heavy atom. The van der Waals surface area contributed by atoms with Crippen LogP contribution in [0.4, 0.5) is 0 Å². The second kappa shape index (κ2) is 6.11. The highest BCUT2D eigenvalue weighted by Crippen LogP contribution is 2.28. The zero-order valence-electron chi connectivity index (χ0n) is 11.5. The van der Waals surface area contributed by atoms with Crippen LogP contribution in [0.3, 0.4) is 0 Å². The standard InChI is InChI=1S/C17H16BrClO/c1-17(2,13-6-4-3-5-7-13)16(20)10-12-8-9-14(18)11-15(12)19/h3-9,11H,10H2,1-2H3. The molecule has 0 fully saturated rings. The van der Waals surface area contributed by atoms with Gasteiger partial charge in [-0.05, 0) is 37.1 Å². The Morgan fingerprint density at radius 2 is 1.80 bits per heavy atom. The number of carbonyl (C=O) groups excluding carboxylic acids is 1. The molecule has 2 rings (SSSR count). The summed E-state index contributed by atoms with van der Waals surface area (Å²) in [5.74, 6) is 0.160. The summed E-state index contributed by atoms with van der Waals surface area (Å²) < 4.78 is 0.918. The first-order valence-corrected chi connectivity index (χ1v) is 7.61. The highest BCUT2D eigenvalue weighted by atomic mass is 79.9. The van der Waals surface area contributed by atoms with Crippen LogP contribution >= 0.6 is 27.5 Å². The molecular formula is C17H16BrClO. The number of hydrogen-bond acceptors (Lipinski definition) is 1. The van der Waals surface area contributed by atoms with Crippen molar-refractivity contribution in [2.24, 2.45) is 0 Å². The molecule has 20 heavy (non-hydrogen) atoms. The van der Waals surface area contributed by atoms with Crippen molar-refractivity contribution in [2.45, 2.75) is 25.7 Å². The van der Waals surface area contributed by atoms with Crippen LogP contribution in [-0.4, -0.2) is 5.78 Å². The minimum Gasteiger partial charge on any atom is -0.298 e. The predicted molar refractivity (Wildman–Crippen MR) is 87.3 cm³/mol. The zero-order chi connectivity index (χ0) is 14.8. The summed E-state index contributed by atoms with van der Waals surface area (Å²) >= 11 is 9.56. The van der Waals surface area contributed by atoms with Gasteiger partial charge in [0.05, 0.1) is 0 Å². The van der Waals surface area contributed by atoms with Gasteiger partial charge < -0.3 is 0 Å². The maximum absolute atomic E-state index is 12.6. The molecule has 0 N–H and O–H groups in total. The van der Waals surface area contributed by atoms with Gasteiger partial charge in [0.1, 0.15) is 5.78 Å². The van der Waals surface area contributed by atoms with Crippen molar-refractivity contribution < 1.29 is 4.79 Å². The van der Waals surface area contributed by atoms with Gasteiger partial charge >= 0.3 is 0 Å². The van der Waals surface area contributed by atoms with Crippen molar-refractivity contribution in [3.8, 4) is 0 Å². The zero-order valence-corrected chi connectivity index (χ0v) is 13.8. The van der Waals surface area contributed by atoms with Crippen LogP contribution in [0.2, 0.25) is 5.02 Å². The fraction of sp³-hybridized carbons (Fsp3) is 0.235. The first kappa shape index (κ1) is 15.3. The number of hydrogen-bond donors (Lipinski definition) is 0. The van der Waals surface area contributed by atoms with Crippen molar-refractivity contribution in [1.29, 1.82) is 0 Å². The molecule has 0 aromatic heterocycles. The van der Waals surface area contributed by atoms with E-state index >= 15 is 0 Å². The van der Waals surface area contributed by atoms with Gasteiger partial charge in [0.2, 0.25) is 0 Å². The molecule has 1 nitrogen and oxygen atoms in total. The summed E-state index contributed by atoms with van der Waals surface area (Å²) in [7, 11) is 0. The van der Waals surface area contributed by atoms with Gasteiger partial charge in [-0.1, -0.05) is 63.9 Å². The van der Waals surface area contributed by atoms with Crippen molar-refractivity contribution >= 4 is 33.3 Å². The quantitative estimate of drug-likeness (QED) is 0.740. The van der Waals surface area contributed by atoms with E-state index in [9.17, 15) is 4.79 Å². The number of benzene rings is 2. The van der Waals surface area contributed by atoms with Gasteiger partial charge in [-0.25, -0.2) is 0 Å². The van der Waals surface area contributed by atoms with E-state index < -0.39 is 5.41 Å². The Bertz CT molecular complexity index is 620. The highest BCUT2D eigenvalue weighted by Gasteiger charge is 2.29. The van der Waals surface area contributed by atoms with E-state index in [0.29, 0.717) is 11.4 Å². The second-order valence-corrected chi connectivity index (χ2v) is 6.65. The molecule has 0 bridgehead atoms. The molecule has 2 aromatic carbocycles. The average molecular weight is 352 g/mol. The minimum atomic E-state index is -0.516. The van der Waals surface area contributed by atoms with E-state index in [0.717, 1.165) is 15.6 Å². The maximum atomic E-state index is 12.6. The first-order valence-electron chi connectivity index (χ1n) is 6.44. The molecule has 3 heteroatoms. The van der Waals surface area contributed by atoms with Crippen molar-refractivity contribution in [3.05, 3.63) is 69.2 Å². The van der Waals surface area contributed by atoms with Crippen LogP contribution in [0.5, 0.6) is 0 Å². The molecule has 0 amide bonds. The lowest BCUT2D eigenvalue weighted by atomic mass is 9.78. The lowest BCUT2D eigenvalue weighted by Crippen LogP contribution is -2.30. The largest absolute Gasteiger partial charge is 0.298 e. The van der Waals surface area contributed by atoms with Crippen LogP contribution in [0.25, 0.3) is 0 Å². The molecule has 0 saturated carbocycles. The Morgan fingerprint density at radius 1 is 1.15 bits per heavy atom. The summed E-state index contributed by atoms with van der Waals surface area (Å²) in [5, 5.41) is 0.622. The van der Waals surface area contributed by atoms with Crippen LogP contribution in [0.15, 0.2) is 53.0 Å². The summed E-state index contributed by atoms with van der Waals surface area (Å²) in [6.07, 6.45) is 0.341. The van der Waals surface area contributed by atoms with Crippen molar-refractivity contribution in [2.75, 3.05) is 0 Å². The summed E-state index contributed by atoms with van der Waals surface area (Å²) in [4.78, 5) is 12.6. The molecule has 0 heterocycles. The van der Waals surface area contributed by atoms with Gasteiger partial charge in [-0.15, -0.1) is 0 Å². The number of carbonyl (C=O) groups is 1. The van der Waals surface area contributed by atoms with E-state index in [-0.39, 0.29) is 5.78 Å². The van der Waals surface area contributed by atoms with Gasteiger partial charge in [-0.2, -0.15) is 0 Å². The number of halogens is 2. The summed E-state index contributed by atoms with van der Waals surface area (Å²) in [5.41, 5.74) is 1.37. The number of Topliss-reactive ketones (excluding diaryl/α,β-unsaturated/α-hetero) is 1. The van der Waals surface area contributed by atoms with Gasteiger partial charge in [0.25, 0.3) is 0 Å². The Labute approximate surface area is 133 Å². The molecule has 0 aliphatic heterocycles. The van der Waals surface area contributed by atoms with Crippen molar-refractivity contribution in [1.82, 2.24) is 0 Å². The van der Waals surface area contributed by atoms with Gasteiger partial charge in [0, 0.05) is 21.3 Å². The van der Waals surface area contributed by atoms with Crippen LogP contribution in [0.1, 0.15) is 25.0 Å². The molecule has 0 unspecified atom stereocenters. The molecular weight excluding hydrogens is 336 g/mol. The van der Waals surface area contributed by atoms with Crippen LogP contribution < -0.4 is 0 Å². The Kier molecular flexibility index (Phi) is 4.66. The Balaban J connectivity index is 2.23. The van der Waals surface area contributed by atoms with Crippen LogP contribution in [-0.2, 0) is 16.6 Å². The minimum absolute atomic E-state index is 0.160. The first-order chi connectivity index (χ1) is 9.41. The van der Waals surface area contributed by atoms with E-state index in [2.05, 4.69) is 15.9 Å². The third-order valence-corrected chi connectivity index (χ3v) is 4.40. The summed E-state index contributed by atoms with van der Waals surface area (Å²) in [6.45, 7) is 3.91. The molecule has 104 valence electrons. The van der Waals surface area contributed by atoms with E-state index in [1.807, 2.05) is 62.4 Å². The van der Waals surface area contributed by atoms with Gasteiger partial charge in [0.15, 0.2) is 0 Å². The van der Waals surface area contributed by atoms with Crippen LogP contribution in [0, 0.1) is 0 Å². The fourth-order valence-corrected chi connectivity index (χ4v) is 2.82. The fourth-order valence-electron chi connectivity index (χ4n) is 2.07. The molecule has 0 spiro atoms. The van der Waals surface area contributed by atoms with E-state index in [1.165, 1.54) is 0 Å². The Hall–Kier alpha value is -1.12. The normalized spacial score (nSPS) is 11.4. The molecule has 0 radical (unpaired) electrons. The predicted octanol–water partition coefficient (Wildman–Crippen LogP) is 5.19. The third kappa shape index (κ3) is 3.31. The highest BCUT2D eigenvalue weighted by molar-refractivity contribution is 9.10. The third-order valence-electron chi connectivity index (χ3n) is 3.56. The molecule has 0 saturated heterocycles. The molecule has 0 aliphatic rings. The SMILES string of the molecule is CC(C)(C(=O)Cc1ccc(Br)cc1Cl)c1ccccc1. The topological polar surface area (TPSA) is 17.1 Å². The van der Waals surface area contributed by atoms with Gasteiger partial charge in [-0.3, -0.25) is 4.79 Å². The van der Waals surface area contributed by atoms with E-state index in [1.54, 1.807) is 0 Å². The number of ketones is 1. The smallest absolute Gasteiger partial charge is 0.147 e. The van der Waals surface area contributed by atoms with E-state index in [4.69, 9.17) is 11.6 Å². The molecule has 0 aliphatic carbocycles. The molecule has 2 aromatic rings. The average Bonchev–Trinajstić information content (AvgIpc) is 2.42. The monoisotopic (exact) mass is 350 g/mol. The lowest BCUT2D eigenvalue weighted by Gasteiger charge is -2.24. The summed E-state index contributed by atoms with van der Waals surface area (Å²) in [6, 6.07) is 15.5. The second-order valence-electron chi connectivity index (χ2n) is 5.33. The lowest BCUT2D eigenvalue weighted by molar-refractivity contribution is -0.122. The van der Waals surface area contributed by atoms with Crippen molar-refractivity contribution in [3.63, 3.8) is 0 Å². The number of rotatable bonds is 4. The maximum Gasteiger partial charge on any atom is 0.147 e.